The normalized spacial score (nSPS) is 11.9. The molecule has 0 aliphatic heterocycles. The zero-order valence-electron chi connectivity index (χ0n) is 8.51. The third kappa shape index (κ3) is 3.01. The first-order valence-corrected chi connectivity index (χ1v) is 4.48. The van der Waals surface area contributed by atoms with Crippen molar-refractivity contribution in [1.29, 1.82) is 0 Å². The molecule has 0 heterocycles. The van der Waals surface area contributed by atoms with Gasteiger partial charge in [-0.1, -0.05) is 0 Å². The van der Waals surface area contributed by atoms with Gasteiger partial charge >= 0.3 is 12.3 Å². The van der Waals surface area contributed by atoms with Crippen molar-refractivity contribution in [1.82, 2.24) is 0 Å². The van der Waals surface area contributed by atoms with Crippen LogP contribution >= 0.6 is 0 Å². The van der Waals surface area contributed by atoms with Crippen molar-refractivity contribution in [3.05, 3.63) is 23.8 Å². The van der Waals surface area contributed by atoms with E-state index in [2.05, 4.69) is 4.74 Å². The first kappa shape index (κ1) is 12.6. The molecular weight excluding hydrogens is 226 g/mol. The molecule has 2 N–H and O–H groups in total. The maximum absolute atomic E-state index is 12.5. The molecule has 1 aromatic rings. The Labute approximate surface area is 90.0 Å². The van der Waals surface area contributed by atoms with E-state index < -0.39 is 19.0 Å². The van der Waals surface area contributed by atoms with Gasteiger partial charge in [-0.15, -0.1) is 0 Å². The first-order chi connectivity index (χ1) is 7.33. The minimum atomic E-state index is -4.14. The number of ether oxygens (including phenoxy) is 1. The summed E-state index contributed by atoms with van der Waals surface area (Å²) >= 11 is 0. The number of hydrogen-bond donors (Lipinski definition) is 1. The van der Waals surface area contributed by atoms with Gasteiger partial charge in [-0.05, 0) is 30.7 Å². The highest BCUT2D eigenvalue weighted by molar-refractivity contribution is 5.49. The van der Waals surface area contributed by atoms with Crippen LogP contribution in [0.3, 0.4) is 0 Å². The minimum absolute atomic E-state index is 0.0898. The maximum atomic E-state index is 12.5. The zero-order chi connectivity index (χ0) is 12.3. The maximum Gasteiger partial charge on any atom is 0.340 e. The summed E-state index contributed by atoms with van der Waals surface area (Å²) in [6.45, 7) is 0.307. The standard InChI is InChI=1S/C10H11F4NO/c1-6-4-7(2-3-8(6)15)16-5-10(13,14)9(11)12/h2-4,9H,5,15H2,1H3. The molecule has 0 bridgehead atoms. The minimum Gasteiger partial charge on any atom is -0.487 e. The van der Waals surface area contributed by atoms with Crippen molar-refractivity contribution >= 4 is 5.69 Å². The van der Waals surface area contributed by atoms with Gasteiger partial charge in [-0.2, -0.15) is 8.78 Å². The van der Waals surface area contributed by atoms with Crippen molar-refractivity contribution in [3.63, 3.8) is 0 Å². The Morgan fingerprint density at radius 1 is 1.38 bits per heavy atom. The van der Waals surface area contributed by atoms with Gasteiger partial charge in [0.1, 0.15) is 5.75 Å². The molecule has 0 atom stereocenters. The quantitative estimate of drug-likeness (QED) is 0.645. The number of aryl methyl sites for hydroxylation is 1. The van der Waals surface area contributed by atoms with E-state index in [-0.39, 0.29) is 5.75 Å². The van der Waals surface area contributed by atoms with Gasteiger partial charge < -0.3 is 10.5 Å². The van der Waals surface area contributed by atoms with Crippen molar-refractivity contribution < 1.29 is 22.3 Å². The van der Waals surface area contributed by atoms with Crippen LogP contribution in [0.5, 0.6) is 5.75 Å². The molecule has 0 unspecified atom stereocenters. The van der Waals surface area contributed by atoms with E-state index >= 15 is 0 Å². The Bertz CT molecular complexity index is 368. The topological polar surface area (TPSA) is 35.2 Å². The summed E-state index contributed by atoms with van der Waals surface area (Å²) in [7, 11) is 0. The number of benzene rings is 1. The van der Waals surface area contributed by atoms with Crippen molar-refractivity contribution in [3.8, 4) is 5.75 Å². The first-order valence-electron chi connectivity index (χ1n) is 4.48. The summed E-state index contributed by atoms with van der Waals surface area (Å²) in [5, 5.41) is 0. The fourth-order valence-electron chi connectivity index (χ4n) is 0.981. The number of rotatable bonds is 4. The smallest absolute Gasteiger partial charge is 0.340 e. The fraction of sp³-hybridized carbons (Fsp3) is 0.400. The third-order valence-electron chi connectivity index (χ3n) is 1.99. The lowest BCUT2D eigenvalue weighted by atomic mass is 10.2. The SMILES string of the molecule is Cc1cc(OCC(F)(F)C(F)F)ccc1N. The lowest BCUT2D eigenvalue weighted by Crippen LogP contribution is -2.33. The summed E-state index contributed by atoms with van der Waals surface area (Å²) < 4.78 is 53.2. The van der Waals surface area contributed by atoms with E-state index in [0.29, 0.717) is 11.3 Å². The van der Waals surface area contributed by atoms with Crippen LogP contribution < -0.4 is 10.5 Å². The summed E-state index contributed by atoms with van der Waals surface area (Å²) in [5.41, 5.74) is 6.61. The molecular formula is C10H11F4NO. The second-order valence-electron chi connectivity index (χ2n) is 3.37. The van der Waals surface area contributed by atoms with Gasteiger partial charge in [0.05, 0.1) is 0 Å². The number of alkyl halides is 4. The lowest BCUT2D eigenvalue weighted by molar-refractivity contribution is -0.148. The van der Waals surface area contributed by atoms with Crippen LogP contribution in [-0.4, -0.2) is 19.0 Å². The summed E-state index contributed by atoms with van der Waals surface area (Å²) in [5.74, 6) is -4.05. The predicted octanol–water partition coefficient (Wildman–Crippen LogP) is 2.86. The van der Waals surface area contributed by atoms with E-state index in [1.54, 1.807) is 6.92 Å². The Morgan fingerprint density at radius 2 is 2.00 bits per heavy atom. The van der Waals surface area contributed by atoms with Gasteiger partial charge in [-0.3, -0.25) is 0 Å². The van der Waals surface area contributed by atoms with Crippen LogP contribution in [0.15, 0.2) is 18.2 Å². The Hall–Kier alpha value is -1.46. The molecule has 0 aliphatic carbocycles. The number of anilines is 1. The van der Waals surface area contributed by atoms with Gasteiger partial charge in [0.2, 0.25) is 0 Å². The highest BCUT2D eigenvalue weighted by Gasteiger charge is 2.41. The van der Waals surface area contributed by atoms with E-state index in [4.69, 9.17) is 5.73 Å². The Balaban J connectivity index is 2.65. The van der Waals surface area contributed by atoms with Crippen LogP contribution in [0.1, 0.15) is 5.56 Å². The zero-order valence-corrected chi connectivity index (χ0v) is 8.51. The predicted molar refractivity (Wildman–Crippen MR) is 52.0 cm³/mol. The van der Waals surface area contributed by atoms with Gasteiger partial charge in [0.25, 0.3) is 0 Å². The molecule has 1 aromatic carbocycles. The van der Waals surface area contributed by atoms with Crippen LogP contribution in [0, 0.1) is 6.92 Å². The summed E-state index contributed by atoms with van der Waals surface area (Å²) in [6.07, 6.45) is -3.73. The number of nitrogen functional groups attached to an aromatic ring is 1. The summed E-state index contributed by atoms with van der Waals surface area (Å²) in [4.78, 5) is 0. The Kier molecular flexibility index (Phi) is 3.62. The highest BCUT2D eigenvalue weighted by atomic mass is 19.3. The average molecular weight is 237 g/mol. The largest absolute Gasteiger partial charge is 0.487 e. The molecule has 0 aliphatic rings. The van der Waals surface area contributed by atoms with E-state index in [1.807, 2.05) is 0 Å². The van der Waals surface area contributed by atoms with Crippen molar-refractivity contribution in [2.75, 3.05) is 12.3 Å². The lowest BCUT2D eigenvalue weighted by Gasteiger charge is -2.16. The number of nitrogens with two attached hydrogens (primary N) is 1. The molecule has 90 valence electrons. The third-order valence-corrected chi connectivity index (χ3v) is 1.99. The second-order valence-corrected chi connectivity index (χ2v) is 3.37. The molecule has 0 radical (unpaired) electrons. The molecule has 6 heteroatoms. The van der Waals surface area contributed by atoms with Crippen LogP contribution in [0.4, 0.5) is 23.2 Å². The van der Waals surface area contributed by atoms with Gasteiger partial charge in [0.15, 0.2) is 6.61 Å². The molecule has 0 aromatic heterocycles. The van der Waals surface area contributed by atoms with E-state index in [9.17, 15) is 17.6 Å². The molecule has 1 rings (SSSR count). The monoisotopic (exact) mass is 237 g/mol. The summed E-state index contributed by atoms with van der Waals surface area (Å²) in [6, 6.07) is 4.23. The molecule has 0 saturated carbocycles. The van der Waals surface area contributed by atoms with Gasteiger partial charge in [0, 0.05) is 5.69 Å². The average Bonchev–Trinajstić information content (AvgIpc) is 2.20. The van der Waals surface area contributed by atoms with Crippen LogP contribution in [0.2, 0.25) is 0 Å². The number of hydrogen-bond acceptors (Lipinski definition) is 2. The van der Waals surface area contributed by atoms with E-state index in [0.717, 1.165) is 0 Å². The highest BCUT2D eigenvalue weighted by Crippen LogP contribution is 2.25. The fourth-order valence-corrected chi connectivity index (χ4v) is 0.981. The van der Waals surface area contributed by atoms with E-state index in [1.165, 1.54) is 18.2 Å². The van der Waals surface area contributed by atoms with Crippen molar-refractivity contribution in [2.24, 2.45) is 0 Å². The molecule has 0 saturated heterocycles. The number of halogens is 4. The second kappa shape index (κ2) is 4.59. The molecule has 0 fully saturated rings. The molecule has 16 heavy (non-hydrogen) atoms. The molecule has 2 nitrogen and oxygen atoms in total. The Morgan fingerprint density at radius 3 is 2.50 bits per heavy atom. The van der Waals surface area contributed by atoms with Crippen LogP contribution in [-0.2, 0) is 0 Å². The van der Waals surface area contributed by atoms with Gasteiger partial charge in [-0.25, -0.2) is 8.78 Å². The van der Waals surface area contributed by atoms with Crippen LogP contribution in [0.25, 0.3) is 0 Å². The molecule has 0 amide bonds. The van der Waals surface area contributed by atoms with Crippen molar-refractivity contribution in [2.45, 2.75) is 19.3 Å². The molecule has 0 spiro atoms.